The fourth-order valence-corrected chi connectivity index (χ4v) is 7.35. The molecule has 3 fully saturated rings. The molecule has 9 nitrogen and oxygen atoms in total. The molecule has 2 saturated heterocycles. The number of imidazole rings is 1. The minimum absolute atomic E-state index is 0.129. The van der Waals surface area contributed by atoms with E-state index in [4.69, 9.17) is 47.1 Å². The maximum absolute atomic E-state index is 12.3. The summed E-state index contributed by atoms with van der Waals surface area (Å²) in [7, 11) is 1.37. The van der Waals surface area contributed by atoms with Gasteiger partial charge in [0.1, 0.15) is 17.0 Å². The predicted octanol–water partition coefficient (Wildman–Crippen LogP) is 5.80. The Morgan fingerprint density at radius 2 is 1.95 bits per heavy atom. The van der Waals surface area contributed by atoms with E-state index in [0.717, 1.165) is 49.0 Å². The number of para-hydroxylation sites is 1. The number of hydrogen-bond acceptors (Lipinski definition) is 8. The third kappa shape index (κ3) is 4.56. The van der Waals surface area contributed by atoms with Crippen molar-refractivity contribution in [1.82, 2.24) is 19.4 Å². The Kier molecular flexibility index (Phi) is 6.38. The number of carbonyl (C=O) groups excluding carboxylic acids is 1. The zero-order valence-electron chi connectivity index (χ0n) is 23.8. The van der Waals surface area contributed by atoms with E-state index in [1.807, 2.05) is 31.2 Å². The highest BCUT2D eigenvalue weighted by Gasteiger charge is 2.58. The second kappa shape index (κ2) is 10.1. The van der Waals surface area contributed by atoms with Crippen LogP contribution in [-0.4, -0.2) is 58.3 Å². The van der Waals surface area contributed by atoms with E-state index >= 15 is 0 Å². The zero-order valence-corrected chi connectivity index (χ0v) is 25.3. The lowest BCUT2D eigenvalue weighted by Crippen LogP contribution is -2.33. The van der Waals surface area contributed by atoms with E-state index in [0.29, 0.717) is 57.7 Å². The smallest absolute Gasteiger partial charge is 0.337 e. The summed E-state index contributed by atoms with van der Waals surface area (Å²) in [5.74, 6) is 2.52. The number of methoxy groups -OCH3 is 1. The second-order valence-corrected chi connectivity index (χ2v) is 12.8. The number of benzene rings is 2. The normalized spacial score (nSPS) is 27.3. The first-order valence-corrected chi connectivity index (χ1v) is 15.3. The van der Waals surface area contributed by atoms with Crippen molar-refractivity contribution in [2.24, 2.45) is 11.8 Å². The summed E-state index contributed by atoms with van der Waals surface area (Å²) in [5.41, 5.74) is 3.81. The Morgan fingerprint density at radius 1 is 1.14 bits per heavy atom. The first-order valence-electron chi connectivity index (χ1n) is 14.5. The third-order valence-electron chi connectivity index (χ3n) is 9.28. The van der Waals surface area contributed by atoms with Crippen LogP contribution in [0.25, 0.3) is 11.0 Å². The number of fused-ring (bicyclic) bond motifs is 3. The van der Waals surface area contributed by atoms with E-state index in [1.165, 1.54) is 12.7 Å². The number of hydrogen-bond donors (Lipinski definition) is 0. The van der Waals surface area contributed by atoms with Crippen molar-refractivity contribution in [3.63, 3.8) is 0 Å². The van der Waals surface area contributed by atoms with E-state index < -0.39 is 11.8 Å². The topological polar surface area (TPSA) is 87.9 Å². The largest absolute Gasteiger partial charge is 0.465 e. The van der Waals surface area contributed by atoms with Gasteiger partial charge in [0.15, 0.2) is 11.5 Å². The standard InChI is InChI=1S/C32H30Cl2N4O5/c1-32(26-7-6-18(33)12-35-26)42-25-5-3-4-20(30(25)43-32)28-21-14-37(15-22(21)28)16-27-36-29-23(34)10-17(31(39)40-2)11-24(29)38(27)13-19-8-9-41-19/h3-7,10-12,19,21-22,28H,8-9,13-16H2,1-2H3/t19-,21-,22+,28?,32?/m0/s1. The van der Waals surface area contributed by atoms with E-state index in [9.17, 15) is 4.79 Å². The number of likely N-dealkylation sites (tertiary alicyclic amines) is 1. The van der Waals surface area contributed by atoms with Crippen molar-refractivity contribution < 1.29 is 23.7 Å². The molecule has 0 amide bonds. The zero-order chi connectivity index (χ0) is 29.5. The summed E-state index contributed by atoms with van der Waals surface area (Å²) < 4.78 is 25.6. The van der Waals surface area contributed by atoms with Crippen LogP contribution >= 0.6 is 23.2 Å². The van der Waals surface area contributed by atoms with Gasteiger partial charge in [0.2, 0.25) is 0 Å². The predicted molar refractivity (Wildman–Crippen MR) is 160 cm³/mol. The van der Waals surface area contributed by atoms with Crippen molar-refractivity contribution in [2.45, 2.75) is 44.2 Å². The molecule has 4 aromatic rings. The molecule has 0 bridgehead atoms. The quantitative estimate of drug-likeness (QED) is 0.239. The molecule has 3 aliphatic heterocycles. The maximum atomic E-state index is 12.3. The van der Waals surface area contributed by atoms with Crippen LogP contribution in [0.15, 0.2) is 48.7 Å². The van der Waals surface area contributed by atoms with Gasteiger partial charge in [-0.05, 0) is 54.5 Å². The van der Waals surface area contributed by atoms with Crippen LogP contribution in [0.3, 0.4) is 0 Å². The molecule has 0 radical (unpaired) electrons. The number of ether oxygens (including phenoxy) is 4. The Morgan fingerprint density at radius 3 is 2.65 bits per heavy atom. The Labute approximate surface area is 258 Å². The molecule has 11 heteroatoms. The van der Waals surface area contributed by atoms with E-state index in [1.54, 1.807) is 18.3 Å². The number of piperidine rings is 1. The molecule has 8 rings (SSSR count). The second-order valence-electron chi connectivity index (χ2n) is 12.0. The molecule has 0 spiro atoms. The van der Waals surface area contributed by atoms with Gasteiger partial charge in [-0.2, -0.15) is 0 Å². The summed E-state index contributed by atoms with van der Waals surface area (Å²) >= 11 is 12.7. The van der Waals surface area contributed by atoms with Crippen LogP contribution in [0.1, 0.15) is 46.7 Å². The molecular weight excluding hydrogens is 591 g/mol. The summed E-state index contributed by atoms with van der Waals surface area (Å²) in [4.78, 5) is 24.2. The summed E-state index contributed by atoms with van der Waals surface area (Å²) in [6.45, 7) is 5.94. The molecule has 4 aliphatic rings. The lowest BCUT2D eigenvalue weighted by atomic mass is 10.0. The lowest BCUT2D eigenvalue weighted by molar-refractivity contribution is -0.0721. The van der Waals surface area contributed by atoms with Gasteiger partial charge in [-0.3, -0.25) is 9.88 Å². The third-order valence-corrected chi connectivity index (χ3v) is 9.80. The van der Waals surface area contributed by atoms with Gasteiger partial charge in [-0.1, -0.05) is 35.3 Å². The molecule has 2 aromatic carbocycles. The molecule has 5 atom stereocenters. The number of aromatic nitrogens is 3. The summed E-state index contributed by atoms with van der Waals surface area (Å²) in [5, 5.41) is 1.01. The Bertz CT molecular complexity index is 1740. The van der Waals surface area contributed by atoms with Crippen molar-refractivity contribution in [2.75, 3.05) is 26.8 Å². The molecule has 43 heavy (non-hydrogen) atoms. The van der Waals surface area contributed by atoms with Crippen LogP contribution in [0.4, 0.5) is 0 Å². The van der Waals surface area contributed by atoms with Gasteiger partial charge in [-0.15, -0.1) is 0 Å². The van der Waals surface area contributed by atoms with Crippen LogP contribution in [-0.2, 0) is 28.4 Å². The highest BCUT2D eigenvalue weighted by atomic mass is 35.5. The highest BCUT2D eigenvalue weighted by Crippen LogP contribution is 2.62. The summed E-state index contributed by atoms with van der Waals surface area (Å²) in [6, 6.07) is 13.3. The van der Waals surface area contributed by atoms with Gasteiger partial charge in [0, 0.05) is 38.4 Å². The lowest BCUT2D eigenvalue weighted by Gasteiger charge is -2.28. The molecule has 0 N–H and O–H groups in total. The molecule has 2 unspecified atom stereocenters. The number of esters is 1. The number of pyridine rings is 1. The number of halogens is 2. The first kappa shape index (κ1) is 27.2. The van der Waals surface area contributed by atoms with E-state index in [-0.39, 0.29) is 6.10 Å². The van der Waals surface area contributed by atoms with E-state index in [2.05, 4.69) is 20.5 Å². The molecule has 1 saturated carbocycles. The van der Waals surface area contributed by atoms with Gasteiger partial charge in [-0.25, -0.2) is 9.78 Å². The average molecular weight is 622 g/mol. The minimum atomic E-state index is -1.00. The monoisotopic (exact) mass is 620 g/mol. The fourth-order valence-electron chi connectivity index (χ4n) is 6.99. The van der Waals surface area contributed by atoms with Gasteiger partial charge >= 0.3 is 5.97 Å². The van der Waals surface area contributed by atoms with Gasteiger partial charge in [0.05, 0.1) is 47.4 Å². The van der Waals surface area contributed by atoms with Crippen molar-refractivity contribution in [3.8, 4) is 11.5 Å². The maximum Gasteiger partial charge on any atom is 0.337 e. The summed E-state index contributed by atoms with van der Waals surface area (Å²) in [6.07, 6.45) is 2.74. The Hall–Kier alpha value is -3.37. The van der Waals surface area contributed by atoms with Crippen molar-refractivity contribution >= 4 is 40.2 Å². The van der Waals surface area contributed by atoms with Crippen molar-refractivity contribution in [3.05, 3.63) is 81.4 Å². The number of carbonyl (C=O) groups is 1. The fraction of sp³-hybridized carbons (Fsp3) is 0.406. The molecule has 222 valence electrons. The van der Waals surface area contributed by atoms with Gasteiger partial charge in [0.25, 0.3) is 5.79 Å². The molecule has 1 aliphatic carbocycles. The number of nitrogens with zero attached hydrogens (tertiary/aromatic N) is 4. The van der Waals surface area contributed by atoms with Crippen LogP contribution in [0.2, 0.25) is 10.0 Å². The first-order chi connectivity index (χ1) is 20.8. The molecule has 2 aromatic heterocycles. The SMILES string of the molecule is COC(=O)c1cc(Cl)c2nc(CN3C[C@@H]4C(c5cccc6c5OC(C)(c5ccc(Cl)cn5)O6)[C@@H]4C3)n(C[C@@H]3CCO3)c2c1. The van der Waals surface area contributed by atoms with Crippen LogP contribution in [0, 0.1) is 11.8 Å². The van der Waals surface area contributed by atoms with Crippen LogP contribution < -0.4 is 9.47 Å². The molecule has 5 heterocycles. The van der Waals surface area contributed by atoms with Crippen molar-refractivity contribution in [1.29, 1.82) is 0 Å². The average Bonchev–Trinajstić information content (AvgIpc) is 3.26. The molecular formula is C32H30Cl2N4O5. The van der Waals surface area contributed by atoms with Gasteiger partial charge < -0.3 is 23.5 Å². The number of rotatable bonds is 7. The van der Waals surface area contributed by atoms with Crippen LogP contribution in [0.5, 0.6) is 11.5 Å². The Balaban J connectivity index is 1.01. The highest BCUT2D eigenvalue weighted by molar-refractivity contribution is 6.35. The minimum Gasteiger partial charge on any atom is -0.465 e.